The van der Waals surface area contributed by atoms with Gasteiger partial charge in [-0.25, -0.2) is 0 Å². The summed E-state index contributed by atoms with van der Waals surface area (Å²) in [6, 6.07) is 19.1. The first kappa shape index (κ1) is 34.5. The Labute approximate surface area is 263 Å². The van der Waals surface area contributed by atoms with E-state index >= 15 is 0 Å². The van der Waals surface area contributed by atoms with Crippen molar-refractivity contribution in [2.45, 2.75) is 52.1 Å². The van der Waals surface area contributed by atoms with Crippen LogP contribution < -0.4 is 21.7 Å². The van der Waals surface area contributed by atoms with Crippen LogP contribution in [0.15, 0.2) is 78.1 Å². The highest BCUT2D eigenvalue weighted by Gasteiger charge is 2.20. The number of nitrogens with two attached hydrogens (primary N) is 1. The van der Waals surface area contributed by atoms with Gasteiger partial charge in [0.2, 0.25) is 5.91 Å². The van der Waals surface area contributed by atoms with Gasteiger partial charge >= 0.3 is 0 Å². The van der Waals surface area contributed by atoms with Crippen molar-refractivity contribution in [1.29, 1.82) is 0 Å². The maximum atomic E-state index is 12.7. The smallest absolute Gasteiger partial charge is 0.249 e. The van der Waals surface area contributed by atoms with Gasteiger partial charge in [-0.1, -0.05) is 82.8 Å². The van der Waals surface area contributed by atoms with Gasteiger partial charge in [0.05, 0.1) is 0 Å². The highest BCUT2D eigenvalue weighted by molar-refractivity contribution is 6.16. The van der Waals surface area contributed by atoms with E-state index in [1.54, 1.807) is 0 Å². The lowest BCUT2D eigenvalue weighted by atomic mass is 9.86. The molecule has 8 heteroatoms. The molecule has 1 amide bonds. The summed E-state index contributed by atoms with van der Waals surface area (Å²) in [5.74, 6) is 0.594. The Bertz CT molecular complexity index is 1490. The summed E-state index contributed by atoms with van der Waals surface area (Å²) >= 11 is 0. The number of aliphatic imine (C=N–C) groups is 1. The van der Waals surface area contributed by atoms with Crippen LogP contribution in [0.3, 0.4) is 0 Å². The number of aryl methyl sites for hydroxylation is 1. The molecule has 44 heavy (non-hydrogen) atoms. The molecule has 3 aromatic carbocycles. The molecule has 1 unspecified atom stereocenters. The molecule has 0 aliphatic carbocycles. The number of benzene rings is 3. The van der Waals surface area contributed by atoms with E-state index in [9.17, 15) is 4.79 Å². The van der Waals surface area contributed by atoms with Gasteiger partial charge in [0.25, 0.3) is 0 Å². The second kappa shape index (κ2) is 16.2. The molecule has 4 rings (SSSR count). The maximum absolute atomic E-state index is 12.7. The van der Waals surface area contributed by atoms with Crippen LogP contribution in [0.25, 0.3) is 16.3 Å². The lowest BCUT2D eigenvalue weighted by molar-refractivity contribution is -0.133. The van der Waals surface area contributed by atoms with Crippen LogP contribution in [0.1, 0.15) is 50.8 Å². The molecule has 8 nitrogen and oxygen atoms in total. The molecule has 1 aliphatic heterocycles. The lowest BCUT2D eigenvalue weighted by Crippen LogP contribution is -2.38. The van der Waals surface area contributed by atoms with E-state index in [0.29, 0.717) is 18.8 Å². The number of rotatable bonds is 9. The summed E-state index contributed by atoms with van der Waals surface area (Å²) in [5.41, 5.74) is 11.1. The minimum absolute atomic E-state index is 0.0549. The Hall–Kier alpha value is -3.98. The number of anilines is 2. The Balaban J connectivity index is 0.00000259. The van der Waals surface area contributed by atoms with Crippen molar-refractivity contribution in [1.82, 2.24) is 10.2 Å². The fourth-order valence-corrected chi connectivity index (χ4v) is 5.03. The number of ether oxygens (including phenoxy) is 1. The molecule has 5 N–H and O–H groups in total. The minimum atomic E-state index is -0.517. The number of nitrogens with zero attached hydrogens (tertiary/aromatic N) is 2. The van der Waals surface area contributed by atoms with E-state index in [4.69, 9.17) is 4.74 Å². The van der Waals surface area contributed by atoms with Crippen molar-refractivity contribution >= 4 is 39.8 Å². The zero-order chi connectivity index (χ0) is 32.3. The molecule has 0 radical (unpaired) electrons. The van der Waals surface area contributed by atoms with E-state index in [0.717, 1.165) is 46.2 Å². The van der Waals surface area contributed by atoms with Crippen LogP contribution in [0.5, 0.6) is 0 Å². The van der Waals surface area contributed by atoms with Gasteiger partial charge < -0.3 is 31.3 Å². The molecule has 236 valence electrons. The van der Waals surface area contributed by atoms with Crippen molar-refractivity contribution < 1.29 is 9.53 Å². The van der Waals surface area contributed by atoms with E-state index in [1.807, 2.05) is 43.4 Å². The number of amides is 1. The Morgan fingerprint density at radius 3 is 2.45 bits per heavy atom. The number of allylic oxidation sites excluding steroid dienone is 1. The minimum Gasteiger partial charge on any atom is -0.350 e. The normalized spacial score (nSPS) is 17.5. The number of fused-ring (bicyclic) bond motifs is 1. The number of nitrogens with one attached hydrogen (secondary N) is 3. The van der Waals surface area contributed by atoms with E-state index < -0.39 is 6.10 Å². The Morgan fingerprint density at radius 2 is 1.77 bits per heavy atom. The molecule has 3 aromatic rings. The van der Waals surface area contributed by atoms with Crippen molar-refractivity contribution in [3.63, 3.8) is 0 Å². The van der Waals surface area contributed by atoms with Crippen molar-refractivity contribution in [2.75, 3.05) is 51.6 Å². The molecule has 0 saturated carbocycles. The molecule has 0 aromatic heterocycles. The highest BCUT2D eigenvalue weighted by Crippen LogP contribution is 2.32. The Morgan fingerprint density at radius 1 is 1.07 bits per heavy atom. The average Bonchev–Trinajstić information content (AvgIpc) is 3.00. The quantitative estimate of drug-likeness (QED) is 0.236. The van der Waals surface area contributed by atoms with Gasteiger partial charge in [-0.2, -0.15) is 0 Å². The van der Waals surface area contributed by atoms with Gasteiger partial charge in [0, 0.05) is 36.1 Å². The average molecular weight is 599 g/mol. The molecule has 1 atom stereocenters. The standard InChI is InChI=1S/C35H45N5O2.CH5N/c1-8-25-13-14-27(35(3,4)5)21-32(25)39-24(2)38-31-16-15-28(29-11-9-10-12-30(29)31)26-17-19-37-34(41)33(18-20-40(6)7)42-23-36-22-26;1-2/h9-17,21-22,33,38-39H,2,8,18-20,23H2,1,3-7H3,(H,37,41);2H2,1H3/b26-17+,36-22-;. The number of carbonyl (C=O) groups excluding carboxylic acids is 1. The summed E-state index contributed by atoms with van der Waals surface area (Å²) in [4.78, 5) is 19.3. The van der Waals surface area contributed by atoms with Crippen LogP contribution in [0, 0.1) is 0 Å². The molecule has 0 saturated heterocycles. The topological polar surface area (TPSA) is 104 Å². The molecule has 0 bridgehead atoms. The van der Waals surface area contributed by atoms with E-state index in [2.05, 4.69) is 103 Å². The first-order chi connectivity index (χ1) is 21.1. The number of carbonyl (C=O) groups is 1. The summed E-state index contributed by atoms with van der Waals surface area (Å²) in [5, 5.41) is 12.2. The first-order valence-electron chi connectivity index (χ1n) is 15.3. The summed E-state index contributed by atoms with van der Waals surface area (Å²) in [6.07, 6.45) is 4.88. The lowest BCUT2D eigenvalue weighted by Gasteiger charge is -2.23. The van der Waals surface area contributed by atoms with Gasteiger partial charge in [-0.15, -0.1) is 0 Å². The third-order valence-electron chi connectivity index (χ3n) is 7.47. The molecular weight excluding hydrogens is 548 g/mol. The van der Waals surface area contributed by atoms with E-state index in [-0.39, 0.29) is 18.1 Å². The summed E-state index contributed by atoms with van der Waals surface area (Å²) in [7, 11) is 5.47. The summed E-state index contributed by atoms with van der Waals surface area (Å²) < 4.78 is 5.82. The van der Waals surface area contributed by atoms with E-state index in [1.165, 1.54) is 18.2 Å². The summed E-state index contributed by atoms with van der Waals surface area (Å²) in [6.45, 7) is 14.4. The monoisotopic (exact) mass is 598 g/mol. The van der Waals surface area contributed by atoms with Crippen LogP contribution in [0.4, 0.5) is 11.4 Å². The van der Waals surface area contributed by atoms with Crippen LogP contribution in [-0.4, -0.2) is 64.1 Å². The van der Waals surface area contributed by atoms with Crippen LogP contribution in [-0.2, 0) is 21.4 Å². The highest BCUT2D eigenvalue weighted by atomic mass is 16.5. The predicted octanol–water partition coefficient (Wildman–Crippen LogP) is 6.15. The van der Waals surface area contributed by atoms with Gasteiger partial charge in [-0.3, -0.25) is 9.79 Å². The fourth-order valence-electron chi connectivity index (χ4n) is 5.03. The second-order valence-corrected chi connectivity index (χ2v) is 12.0. The zero-order valence-electron chi connectivity index (χ0n) is 27.5. The number of hydrogen-bond donors (Lipinski definition) is 4. The molecule has 0 fully saturated rings. The van der Waals surface area contributed by atoms with Crippen molar-refractivity contribution in [3.05, 3.63) is 89.8 Å². The maximum Gasteiger partial charge on any atom is 0.249 e. The SMILES string of the molecule is C=C(Nc1cc(C(C)(C)C)ccc1CC)Nc1ccc(C2=C/CNC(=O)C(CCN(C)C)OC/N=C\2)c2ccccc12.CN. The largest absolute Gasteiger partial charge is 0.350 e. The molecule has 0 spiro atoms. The Kier molecular flexibility index (Phi) is 12.7. The predicted molar refractivity (Wildman–Crippen MR) is 187 cm³/mol. The molecular formula is C36H50N6O2. The molecule has 1 heterocycles. The third-order valence-corrected chi connectivity index (χ3v) is 7.47. The fraction of sp³-hybridized carbons (Fsp3) is 0.389. The van der Waals surface area contributed by atoms with Crippen LogP contribution >= 0.6 is 0 Å². The zero-order valence-corrected chi connectivity index (χ0v) is 27.5. The van der Waals surface area contributed by atoms with Crippen molar-refractivity contribution in [2.24, 2.45) is 10.7 Å². The molecule has 1 aliphatic rings. The van der Waals surface area contributed by atoms with Crippen molar-refractivity contribution in [3.8, 4) is 0 Å². The first-order valence-corrected chi connectivity index (χ1v) is 15.3. The number of hydrogen-bond acceptors (Lipinski definition) is 7. The van der Waals surface area contributed by atoms with Gasteiger partial charge in [0.15, 0.2) is 0 Å². The third kappa shape index (κ3) is 9.26. The van der Waals surface area contributed by atoms with Gasteiger partial charge in [-0.05, 0) is 79.2 Å². The second-order valence-electron chi connectivity index (χ2n) is 12.0. The van der Waals surface area contributed by atoms with Gasteiger partial charge in [0.1, 0.15) is 18.7 Å². The van der Waals surface area contributed by atoms with Crippen LogP contribution in [0.2, 0.25) is 0 Å².